The molecule has 0 saturated heterocycles. The molecule has 0 aromatic heterocycles. The molecule has 2 aromatic carbocycles. The maximum Gasteiger partial charge on any atom is 0.283 e. The molecule has 1 N–H and O–H groups in total. The summed E-state index contributed by atoms with van der Waals surface area (Å²) in [6.45, 7) is 2.38. The summed E-state index contributed by atoms with van der Waals surface area (Å²) in [7, 11) is -2.07. The van der Waals surface area contributed by atoms with E-state index < -0.39 is 15.7 Å². The molecule has 2 aliphatic heterocycles. The average Bonchev–Trinajstić information content (AvgIpc) is 3.20. The maximum absolute atomic E-state index is 12.5. The number of nitrogens with zero attached hydrogens (tertiary/aromatic N) is 3. The highest BCUT2D eigenvalue weighted by molar-refractivity contribution is 8.42. The molecule has 0 radical (unpaired) electrons. The van der Waals surface area contributed by atoms with E-state index in [0.717, 1.165) is 34.2 Å². The van der Waals surface area contributed by atoms with E-state index in [2.05, 4.69) is 10.1 Å². The van der Waals surface area contributed by atoms with Crippen LogP contribution < -0.4 is 9.47 Å². The Morgan fingerprint density at radius 3 is 2.67 bits per heavy atom. The summed E-state index contributed by atoms with van der Waals surface area (Å²) in [5, 5.41) is 13.4. The number of ether oxygens (including phenoxy) is 2. The second-order valence-corrected chi connectivity index (χ2v) is 10.5. The van der Waals surface area contributed by atoms with E-state index in [4.69, 9.17) is 14.9 Å². The second-order valence-electron chi connectivity index (χ2n) is 7.35. The Bertz CT molecular complexity index is 1360. The zero-order valence-corrected chi connectivity index (χ0v) is 19.7. The van der Waals surface area contributed by atoms with Crippen molar-refractivity contribution in [2.75, 3.05) is 13.4 Å². The fraction of sp³-hybridized carbons (Fsp3) is 0.182. The van der Waals surface area contributed by atoms with Crippen LogP contribution in [0.2, 0.25) is 0 Å². The van der Waals surface area contributed by atoms with Crippen LogP contribution in [0.3, 0.4) is 0 Å². The zero-order chi connectivity index (χ0) is 23.8. The molecule has 2 aromatic rings. The van der Waals surface area contributed by atoms with E-state index in [-0.39, 0.29) is 21.0 Å². The van der Waals surface area contributed by atoms with Gasteiger partial charge in [-0.2, -0.15) is 10.0 Å². The number of hydrogen-bond acceptors (Lipinski definition) is 8. The zero-order valence-electron chi connectivity index (χ0n) is 18.0. The Kier molecular flexibility index (Phi) is 6.09. The number of amides is 1. The van der Waals surface area contributed by atoms with E-state index in [1.165, 1.54) is 13.2 Å². The highest BCUT2D eigenvalue weighted by atomic mass is 32.3. The lowest BCUT2D eigenvalue weighted by Gasteiger charge is -2.20. The molecule has 2 aliphatic rings. The highest BCUT2D eigenvalue weighted by Crippen LogP contribution is 2.32. The van der Waals surface area contributed by atoms with Crippen LogP contribution in [0.4, 0.5) is 0 Å². The van der Waals surface area contributed by atoms with Crippen LogP contribution in [0.15, 0.2) is 58.1 Å². The number of carbonyl (C=O) groups excluding carboxylic acids is 1. The molecular weight excluding hydrogens is 464 g/mol. The smallest absolute Gasteiger partial charge is 0.283 e. The van der Waals surface area contributed by atoms with Gasteiger partial charge in [-0.1, -0.05) is 35.9 Å². The number of fused-ring (bicyclic) bond motifs is 1. The predicted molar refractivity (Wildman–Crippen MR) is 128 cm³/mol. The van der Waals surface area contributed by atoms with E-state index >= 15 is 0 Å². The van der Waals surface area contributed by atoms with Crippen molar-refractivity contribution >= 4 is 49.0 Å². The van der Waals surface area contributed by atoms with Crippen LogP contribution in [0, 0.1) is 12.3 Å². The van der Waals surface area contributed by atoms with Crippen molar-refractivity contribution < 1.29 is 22.7 Å². The van der Waals surface area contributed by atoms with Gasteiger partial charge in [0.25, 0.3) is 5.91 Å². The fourth-order valence-electron chi connectivity index (χ4n) is 3.15. The molecule has 0 spiro atoms. The third-order valence-corrected chi connectivity index (χ3v) is 7.31. The largest absolute Gasteiger partial charge is 0.493 e. The van der Waals surface area contributed by atoms with Crippen LogP contribution >= 0.6 is 11.8 Å². The van der Waals surface area contributed by atoms with Crippen molar-refractivity contribution in [3.63, 3.8) is 0 Å². The number of benzene rings is 2. The second kappa shape index (κ2) is 8.83. The first kappa shape index (κ1) is 22.7. The number of hydrazone groups is 1. The summed E-state index contributed by atoms with van der Waals surface area (Å²) < 4.78 is 34.7. The molecule has 170 valence electrons. The number of methoxy groups -OCH3 is 1. The standard InChI is InChI=1S/C22H20N4O5S2/c1-13-5-4-6-15(9-13)12-31-17-8-7-14(11-18(17)30-2)10-16-19(23)26-21(24-20(16)27)32-22(25-26)33(3,28)29/h4-11,23H,12H2,1-3H3/b16-10+,23-19?. The molecule has 33 heavy (non-hydrogen) atoms. The van der Waals surface area contributed by atoms with Crippen LogP contribution in [0.25, 0.3) is 6.08 Å². The van der Waals surface area contributed by atoms with Gasteiger partial charge in [0.1, 0.15) is 6.61 Å². The van der Waals surface area contributed by atoms with Crippen molar-refractivity contribution in [2.45, 2.75) is 13.5 Å². The molecule has 0 fully saturated rings. The lowest BCUT2D eigenvalue weighted by molar-refractivity contribution is -0.114. The fourth-order valence-corrected chi connectivity index (χ4v) is 4.83. The Balaban J connectivity index is 1.58. The van der Waals surface area contributed by atoms with Gasteiger partial charge in [0.15, 0.2) is 17.3 Å². The molecule has 0 atom stereocenters. The number of rotatable bonds is 5. The first-order valence-corrected chi connectivity index (χ1v) is 12.4. The molecule has 0 aliphatic carbocycles. The topological polar surface area (TPSA) is 121 Å². The Hall–Kier alpha value is -3.44. The van der Waals surface area contributed by atoms with Crippen molar-refractivity contribution in [3.05, 3.63) is 64.7 Å². The summed E-state index contributed by atoms with van der Waals surface area (Å²) in [6.07, 6.45) is 2.49. The number of hydrogen-bond donors (Lipinski definition) is 1. The minimum absolute atomic E-state index is 0.0201. The number of nitrogens with one attached hydrogen (secondary N) is 1. The first-order valence-electron chi connectivity index (χ1n) is 9.72. The summed E-state index contributed by atoms with van der Waals surface area (Å²) in [5.74, 6) is 0.0901. The summed E-state index contributed by atoms with van der Waals surface area (Å²) in [5.41, 5.74) is 2.73. The first-order chi connectivity index (χ1) is 15.7. The third kappa shape index (κ3) is 4.83. The number of thioether (sulfide) groups is 1. The molecule has 2 heterocycles. The van der Waals surface area contributed by atoms with Gasteiger partial charge in [0, 0.05) is 6.26 Å². The Morgan fingerprint density at radius 2 is 1.97 bits per heavy atom. The van der Waals surface area contributed by atoms with Gasteiger partial charge in [0.2, 0.25) is 19.4 Å². The van der Waals surface area contributed by atoms with Crippen molar-refractivity contribution in [3.8, 4) is 11.5 Å². The van der Waals surface area contributed by atoms with Gasteiger partial charge < -0.3 is 9.47 Å². The Labute approximate surface area is 195 Å². The minimum atomic E-state index is -3.59. The molecule has 4 rings (SSSR count). The van der Waals surface area contributed by atoms with Gasteiger partial charge in [0.05, 0.1) is 12.7 Å². The lowest BCUT2D eigenvalue weighted by atomic mass is 10.1. The van der Waals surface area contributed by atoms with Gasteiger partial charge in [-0.05, 0) is 48.0 Å². The van der Waals surface area contributed by atoms with Crippen molar-refractivity contribution in [1.82, 2.24) is 5.01 Å². The molecule has 11 heteroatoms. The average molecular weight is 485 g/mol. The number of amidine groups is 2. The molecule has 0 unspecified atom stereocenters. The monoisotopic (exact) mass is 484 g/mol. The number of aryl methyl sites for hydroxylation is 1. The summed E-state index contributed by atoms with van der Waals surface area (Å²) in [4.78, 5) is 16.4. The number of aliphatic imine (C=N–C) groups is 1. The quantitative estimate of drug-likeness (QED) is 0.647. The predicted octanol–water partition coefficient (Wildman–Crippen LogP) is 3.20. The lowest BCUT2D eigenvalue weighted by Crippen LogP contribution is -2.35. The highest BCUT2D eigenvalue weighted by Gasteiger charge is 2.38. The number of sulfone groups is 1. The molecule has 0 saturated carbocycles. The van der Waals surface area contributed by atoms with E-state index in [1.54, 1.807) is 18.2 Å². The van der Waals surface area contributed by atoms with E-state index in [1.807, 2.05) is 31.2 Å². The molecular formula is C22H20N4O5S2. The van der Waals surface area contributed by atoms with Gasteiger partial charge in [-0.15, -0.1) is 5.10 Å². The van der Waals surface area contributed by atoms with Crippen LogP contribution in [-0.4, -0.2) is 48.1 Å². The summed E-state index contributed by atoms with van der Waals surface area (Å²) >= 11 is 0.742. The normalized spacial score (nSPS) is 17.1. The van der Waals surface area contributed by atoms with Gasteiger partial charge >= 0.3 is 0 Å². The SMILES string of the molecule is COc1cc(/C=C2\C(=N)N3N=C(S(C)(=O)=O)SC3=NC2=O)ccc1OCc1cccc(C)c1. The van der Waals surface area contributed by atoms with Crippen molar-refractivity contribution in [1.29, 1.82) is 5.41 Å². The van der Waals surface area contributed by atoms with Crippen molar-refractivity contribution in [2.24, 2.45) is 10.1 Å². The van der Waals surface area contributed by atoms with E-state index in [9.17, 15) is 13.2 Å². The number of carbonyl (C=O) groups is 1. The van der Waals surface area contributed by atoms with Crippen LogP contribution in [0.1, 0.15) is 16.7 Å². The van der Waals surface area contributed by atoms with Crippen LogP contribution in [0.5, 0.6) is 11.5 Å². The minimum Gasteiger partial charge on any atom is -0.493 e. The maximum atomic E-state index is 12.5. The van der Waals surface area contributed by atoms with Gasteiger partial charge in [-0.3, -0.25) is 10.2 Å². The molecule has 1 amide bonds. The van der Waals surface area contributed by atoms with Gasteiger partial charge in [-0.25, -0.2) is 8.42 Å². The summed E-state index contributed by atoms with van der Waals surface area (Å²) in [6, 6.07) is 13.1. The van der Waals surface area contributed by atoms with E-state index in [0.29, 0.717) is 23.7 Å². The van der Waals surface area contributed by atoms with Crippen LogP contribution in [-0.2, 0) is 21.2 Å². The third-order valence-electron chi connectivity index (χ3n) is 4.73. The Morgan fingerprint density at radius 1 is 1.18 bits per heavy atom. The molecule has 9 nitrogen and oxygen atoms in total. The molecule has 0 bridgehead atoms.